The molecule has 0 bridgehead atoms. The number of sulfone groups is 1. The highest BCUT2D eigenvalue weighted by molar-refractivity contribution is 7.91. The van der Waals surface area contributed by atoms with Crippen molar-refractivity contribution in [2.24, 2.45) is 5.92 Å². The first kappa shape index (κ1) is 24.7. The number of ether oxygens (including phenoxy) is 1. The molecule has 4 rings (SSSR count). The van der Waals surface area contributed by atoms with E-state index in [-0.39, 0.29) is 23.2 Å². The molecule has 1 aliphatic carbocycles. The zero-order valence-corrected chi connectivity index (χ0v) is 20.9. The Hall–Kier alpha value is -2.46. The van der Waals surface area contributed by atoms with Crippen LogP contribution in [0.1, 0.15) is 53.9 Å². The van der Waals surface area contributed by atoms with Crippen LogP contribution in [-0.2, 0) is 27.5 Å². The van der Waals surface area contributed by atoms with E-state index in [1.807, 2.05) is 0 Å². The number of halogens is 1. The molecule has 2 amide bonds. The van der Waals surface area contributed by atoms with Crippen LogP contribution in [0.5, 0.6) is 5.75 Å². The van der Waals surface area contributed by atoms with Crippen LogP contribution in [0.25, 0.3) is 0 Å². The van der Waals surface area contributed by atoms with Crippen molar-refractivity contribution in [3.8, 4) is 5.75 Å². The molecular formula is C24H29FN2O5S2. The van der Waals surface area contributed by atoms with E-state index in [1.54, 1.807) is 19.1 Å². The molecule has 0 spiro atoms. The van der Waals surface area contributed by atoms with E-state index in [2.05, 4.69) is 17.6 Å². The van der Waals surface area contributed by atoms with E-state index in [1.165, 1.54) is 23.5 Å². The molecule has 1 fully saturated rings. The van der Waals surface area contributed by atoms with E-state index in [0.717, 1.165) is 29.7 Å². The van der Waals surface area contributed by atoms with Crippen molar-refractivity contribution >= 4 is 38.0 Å². The van der Waals surface area contributed by atoms with E-state index in [0.29, 0.717) is 29.3 Å². The Morgan fingerprint density at radius 3 is 2.71 bits per heavy atom. The number of para-hydroxylation sites is 1. The minimum atomic E-state index is -3.14. The lowest BCUT2D eigenvalue weighted by atomic mass is 9.88. The average molecular weight is 509 g/mol. The molecule has 1 aromatic carbocycles. The lowest BCUT2D eigenvalue weighted by Crippen LogP contribution is -2.37. The van der Waals surface area contributed by atoms with Gasteiger partial charge in [0.2, 0.25) is 0 Å². The molecule has 2 N–H and O–H groups in total. The van der Waals surface area contributed by atoms with Crippen LogP contribution >= 0.6 is 11.3 Å². The molecule has 1 aliphatic heterocycles. The van der Waals surface area contributed by atoms with Crippen LogP contribution in [0.2, 0.25) is 0 Å². The summed E-state index contributed by atoms with van der Waals surface area (Å²) in [6.45, 7) is 3.92. The quantitative estimate of drug-likeness (QED) is 0.594. The monoisotopic (exact) mass is 508 g/mol. The van der Waals surface area contributed by atoms with E-state index < -0.39 is 33.7 Å². The largest absolute Gasteiger partial charge is 0.478 e. The third-order valence-electron chi connectivity index (χ3n) is 6.31. The van der Waals surface area contributed by atoms with E-state index in [9.17, 15) is 22.4 Å². The van der Waals surface area contributed by atoms with Gasteiger partial charge in [-0.05, 0) is 55.7 Å². The molecule has 7 nitrogen and oxygen atoms in total. The number of rotatable bonds is 7. The number of hydrogen-bond acceptors (Lipinski definition) is 6. The van der Waals surface area contributed by atoms with Gasteiger partial charge in [0, 0.05) is 10.9 Å². The highest BCUT2D eigenvalue weighted by Gasteiger charge is 2.33. The Balaban J connectivity index is 1.57. The number of benzene rings is 1. The molecule has 184 valence electrons. The van der Waals surface area contributed by atoms with Crippen LogP contribution < -0.4 is 15.4 Å². The zero-order chi connectivity index (χ0) is 24.5. The Kier molecular flexibility index (Phi) is 7.28. The van der Waals surface area contributed by atoms with Crippen LogP contribution in [0, 0.1) is 11.7 Å². The first-order valence-electron chi connectivity index (χ1n) is 11.5. The molecule has 10 heteroatoms. The van der Waals surface area contributed by atoms with Crippen molar-refractivity contribution in [3.05, 3.63) is 46.1 Å². The SMILES string of the molecule is CC[C@@H](Oc1ccccc1F)C(=O)Nc1sc2c(c1C(=O)N[C@@H]1CCS(=O)(=O)C1)CC[C@H](C)C2. The fraction of sp³-hybridized carbons (Fsp3) is 0.500. The van der Waals surface area contributed by atoms with Crippen LogP contribution in [-0.4, -0.2) is 43.9 Å². The standard InChI is InChI=1S/C24H29FN2O5S2/c1-3-18(32-19-7-5-4-6-17(19)25)22(28)27-24-21(16-9-8-14(2)12-20(16)33-24)23(29)26-15-10-11-34(30,31)13-15/h4-7,14-15,18H,3,8-13H2,1-2H3,(H,26,29)(H,27,28)/t14-,15+,18+/m0/s1. The number of hydrogen-bond donors (Lipinski definition) is 2. The minimum Gasteiger partial charge on any atom is -0.478 e. The number of carbonyl (C=O) groups excluding carboxylic acids is 2. The smallest absolute Gasteiger partial charge is 0.266 e. The molecule has 0 saturated carbocycles. The summed E-state index contributed by atoms with van der Waals surface area (Å²) in [6.07, 6.45) is 2.22. The van der Waals surface area contributed by atoms with Gasteiger partial charge in [0.1, 0.15) is 5.00 Å². The summed E-state index contributed by atoms with van der Waals surface area (Å²) < 4.78 is 43.3. The molecular weight excluding hydrogens is 479 g/mol. The number of nitrogens with one attached hydrogen (secondary N) is 2. The minimum absolute atomic E-state index is 0.00999. The molecule has 0 unspecified atom stereocenters. The summed E-state index contributed by atoms with van der Waals surface area (Å²) in [5.41, 5.74) is 1.32. The fourth-order valence-corrected chi connectivity index (χ4v) is 7.54. The summed E-state index contributed by atoms with van der Waals surface area (Å²) in [5, 5.41) is 6.14. The van der Waals surface area contributed by atoms with Gasteiger partial charge in [0.05, 0.1) is 17.1 Å². The van der Waals surface area contributed by atoms with E-state index in [4.69, 9.17) is 4.74 Å². The first-order valence-corrected chi connectivity index (χ1v) is 14.2. The van der Waals surface area contributed by atoms with Crippen molar-refractivity contribution in [3.63, 3.8) is 0 Å². The van der Waals surface area contributed by atoms with Gasteiger partial charge in [-0.1, -0.05) is 26.0 Å². The maximum atomic E-state index is 14.0. The maximum absolute atomic E-state index is 14.0. The Bertz CT molecular complexity index is 1190. The zero-order valence-electron chi connectivity index (χ0n) is 19.2. The second kappa shape index (κ2) is 10.0. The average Bonchev–Trinajstić information content (AvgIpc) is 3.30. The third kappa shape index (κ3) is 5.43. The maximum Gasteiger partial charge on any atom is 0.266 e. The van der Waals surface area contributed by atoms with Crippen molar-refractivity contribution in [1.29, 1.82) is 0 Å². The van der Waals surface area contributed by atoms with Crippen molar-refractivity contribution in [2.75, 3.05) is 16.8 Å². The molecule has 0 radical (unpaired) electrons. The summed E-state index contributed by atoms with van der Waals surface area (Å²) in [4.78, 5) is 27.4. The molecule has 34 heavy (non-hydrogen) atoms. The Morgan fingerprint density at radius 2 is 2.03 bits per heavy atom. The predicted molar refractivity (Wildman–Crippen MR) is 130 cm³/mol. The van der Waals surface area contributed by atoms with E-state index >= 15 is 0 Å². The molecule has 1 aromatic heterocycles. The summed E-state index contributed by atoms with van der Waals surface area (Å²) in [7, 11) is -3.14. The van der Waals surface area contributed by atoms with Gasteiger partial charge in [-0.25, -0.2) is 12.8 Å². The summed E-state index contributed by atoms with van der Waals surface area (Å²) >= 11 is 1.38. The second-order valence-corrected chi connectivity index (χ2v) is 12.4. The molecule has 2 aromatic rings. The normalized spacial score (nSPS) is 22.0. The van der Waals surface area contributed by atoms with Crippen molar-refractivity contribution in [2.45, 2.75) is 58.1 Å². The van der Waals surface area contributed by atoms with Gasteiger partial charge in [0.15, 0.2) is 27.5 Å². The van der Waals surface area contributed by atoms with Crippen LogP contribution in [0.3, 0.4) is 0 Å². The van der Waals surface area contributed by atoms with Gasteiger partial charge < -0.3 is 15.4 Å². The molecule has 2 heterocycles. The fourth-order valence-electron chi connectivity index (χ4n) is 4.45. The lowest BCUT2D eigenvalue weighted by molar-refractivity contribution is -0.122. The van der Waals surface area contributed by atoms with Gasteiger partial charge in [0.25, 0.3) is 11.8 Å². The van der Waals surface area contributed by atoms with Crippen molar-refractivity contribution < 1.29 is 27.1 Å². The molecule has 2 aliphatic rings. The number of anilines is 1. The topological polar surface area (TPSA) is 102 Å². The van der Waals surface area contributed by atoms with Crippen LogP contribution in [0.15, 0.2) is 24.3 Å². The Labute approximate surface area is 203 Å². The second-order valence-electron chi connectivity index (χ2n) is 9.06. The first-order chi connectivity index (χ1) is 16.2. The number of carbonyl (C=O) groups is 2. The number of thiophene rings is 1. The highest BCUT2D eigenvalue weighted by Crippen LogP contribution is 2.40. The Morgan fingerprint density at radius 1 is 1.26 bits per heavy atom. The number of fused-ring (bicyclic) bond motifs is 1. The number of amides is 2. The molecule has 3 atom stereocenters. The van der Waals surface area contributed by atoms with Crippen LogP contribution in [0.4, 0.5) is 9.39 Å². The lowest BCUT2D eigenvalue weighted by Gasteiger charge is -2.20. The van der Waals surface area contributed by atoms with Gasteiger partial charge in [-0.2, -0.15) is 0 Å². The van der Waals surface area contributed by atoms with Gasteiger partial charge in [-0.3, -0.25) is 9.59 Å². The summed E-state index contributed by atoms with van der Waals surface area (Å²) in [6, 6.07) is 5.46. The van der Waals surface area contributed by atoms with Gasteiger partial charge >= 0.3 is 0 Å². The molecule has 1 saturated heterocycles. The third-order valence-corrected chi connectivity index (χ3v) is 9.25. The predicted octanol–water partition coefficient (Wildman–Crippen LogP) is 3.73. The van der Waals surface area contributed by atoms with Gasteiger partial charge in [-0.15, -0.1) is 11.3 Å². The highest BCUT2D eigenvalue weighted by atomic mass is 32.2. The summed E-state index contributed by atoms with van der Waals surface area (Å²) in [5.74, 6) is -0.934. The van der Waals surface area contributed by atoms with Crippen molar-refractivity contribution in [1.82, 2.24) is 5.32 Å².